The third-order valence-corrected chi connectivity index (χ3v) is 2.05. The van der Waals surface area contributed by atoms with Gasteiger partial charge in [-0.1, -0.05) is 12.0 Å². The summed E-state index contributed by atoms with van der Waals surface area (Å²) in [4.78, 5) is 7.49. The smallest absolute Gasteiger partial charge is 0.226 e. The Kier molecular flexibility index (Phi) is 3.88. The van der Waals surface area contributed by atoms with Crippen LogP contribution in [0.5, 0.6) is 17.5 Å². The average molecular weight is 262 g/mol. The first-order valence-corrected chi connectivity index (χ1v) is 5.21. The van der Waals surface area contributed by atoms with Gasteiger partial charge in [0.25, 0.3) is 0 Å². The Morgan fingerprint density at radius 2 is 1.84 bits per heavy atom. The predicted octanol–water partition coefficient (Wildman–Crippen LogP) is 2.56. The van der Waals surface area contributed by atoms with Gasteiger partial charge in [-0.2, -0.15) is 0 Å². The molecular formula is C13H8F2N2O2. The minimum Gasteiger partial charge on any atom is -0.464 e. The lowest BCUT2D eigenvalue weighted by molar-refractivity contribution is 0.346. The number of rotatable bonds is 4. The molecule has 0 spiro atoms. The van der Waals surface area contributed by atoms with E-state index in [4.69, 9.17) is 15.9 Å². The molecule has 0 radical (unpaired) electrons. The van der Waals surface area contributed by atoms with E-state index < -0.39 is 17.4 Å². The molecule has 2 rings (SSSR count). The van der Waals surface area contributed by atoms with Crippen molar-refractivity contribution in [2.75, 3.05) is 6.61 Å². The normalized spacial score (nSPS) is 9.74. The maximum atomic E-state index is 13.4. The van der Waals surface area contributed by atoms with Crippen molar-refractivity contribution in [3.63, 3.8) is 0 Å². The van der Waals surface area contributed by atoms with Crippen LogP contribution in [0.1, 0.15) is 0 Å². The van der Waals surface area contributed by atoms with Crippen molar-refractivity contribution in [2.24, 2.45) is 0 Å². The van der Waals surface area contributed by atoms with Crippen molar-refractivity contribution in [2.45, 2.75) is 0 Å². The van der Waals surface area contributed by atoms with Gasteiger partial charge in [0, 0.05) is 0 Å². The summed E-state index contributed by atoms with van der Waals surface area (Å²) >= 11 is 0. The fraction of sp³-hybridized carbons (Fsp3) is 0.0769. The van der Waals surface area contributed by atoms with E-state index in [9.17, 15) is 8.78 Å². The summed E-state index contributed by atoms with van der Waals surface area (Å²) in [5, 5.41) is 0. The quantitative estimate of drug-likeness (QED) is 0.794. The summed E-state index contributed by atoms with van der Waals surface area (Å²) in [7, 11) is 0. The van der Waals surface area contributed by atoms with Gasteiger partial charge >= 0.3 is 0 Å². The van der Waals surface area contributed by atoms with Crippen LogP contribution in [0.15, 0.2) is 30.6 Å². The Balaban J connectivity index is 2.22. The van der Waals surface area contributed by atoms with Crippen LogP contribution in [-0.4, -0.2) is 16.6 Å². The zero-order valence-electron chi connectivity index (χ0n) is 9.64. The van der Waals surface area contributed by atoms with Crippen molar-refractivity contribution in [1.29, 1.82) is 0 Å². The largest absolute Gasteiger partial charge is 0.464 e. The first-order chi connectivity index (χ1) is 9.20. The van der Waals surface area contributed by atoms with E-state index in [-0.39, 0.29) is 18.4 Å². The van der Waals surface area contributed by atoms with Gasteiger partial charge in [-0.15, -0.1) is 6.42 Å². The maximum Gasteiger partial charge on any atom is 0.226 e. The monoisotopic (exact) mass is 262 g/mol. The van der Waals surface area contributed by atoms with Crippen LogP contribution in [0.2, 0.25) is 0 Å². The Morgan fingerprint density at radius 1 is 1.16 bits per heavy atom. The van der Waals surface area contributed by atoms with Gasteiger partial charge in [0.2, 0.25) is 17.5 Å². The van der Waals surface area contributed by atoms with Gasteiger partial charge in [-0.3, -0.25) is 0 Å². The van der Waals surface area contributed by atoms with E-state index in [2.05, 4.69) is 15.9 Å². The number of nitrogens with zero attached hydrogens (tertiary/aromatic N) is 2. The fourth-order valence-corrected chi connectivity index (χ4v) is 1.26. The molecule has 1 aromatic heterocycles. The van der Waals surface area contributed by atoms with Crippen LogP contribution in [0, 0.1) is 24.0 Å². The zero-order chi connectivity index (χ0) is 13.7. The number of benzene rings is 1. The Labute approximate surface area is 108 Å². The molecular weight excluding hydrogens is 254 g/mol. The van der Waals surface area contributed by atoms with E-state index in [1.165, 1.54) is 12.1 Å². The molecule has 0 amide bonds. The maximum absolute atomic E-state index is 13.4. The van der Waals surface area contributed by atoms with E-state index >= 15 is 0 Å². The highest BCUT2D eigenvalue weighted by Gasteiger charge is 2.12. The first kappa shape index (κ1) is 12.8. The topological polar surface area (TPSA) is 44.2 Å². The van der Waals surface area contributed by atoms with Crippen LogP contribution in [-0.2, 0) is 0 Å². The summed E-state index contributed by atoms with van der Waals surface area (Å²) in [6, 6.07) is 4.67. The van der Waals surface area contributed by atoms with Crippen molar-refractivity contribution in [3.8, 4) is 29.9 Å². The molecule has 19 heavy (non-hydrogen) atoms. The van der Waals surface area contributed by atoms with Crippen molar-refractivity contribution in [1.82, 2.24) is 9.97 Å². The molecule has 0 bridgehead atoms. The molecule has 0 fully saturated rings. The average Bonchev–Trinajstić information content (AvgIpc) is 2.41. The molecule has 6 heteroatoms. The van der Waals surface area contributed by atoms with E-state index in [0.29, 0.717) is 0 Å². The van der Waals surface area contributed by atoms with Gasteiger partial charge in [-0.25, -0.2) is 18.7 Å². The van der Waals surface area contributed by atoms with Gasteiger partial charge in [0.1, 0.15) is 6.33 Å². The standard InChI is InChI=1S/C13H8F2N2O2/c1-2-6-18-11-7-12(17-8-16-11)19-13-9(14)4-3-5-10(13)15/h1,3-5,7-8H,6H2. The Morgan fingerprint density at radius 3 is 2.53 bits per heavy atom. The number of hydrogen-bond donors (Lipinski definition) is 0. The lowest BCUT2D eigenvalue weighted by atomic mass is 10.3. The number of hydrogen-bond acceptors (Lipinski definition) is 4. The van der Waals surface area contributed by atoms with Crippen molar-refractivity contribution < 1.29 is 18.3 Å². The third kappa shape index (κ3) is 3.16. The van der Waals surface area contributed by atoms with E-state index in [0.717, 1.165) is 18.5 Å². The van der Waals surface area contributed by atoms with Gasteiger partial charge in [0.15, 0.2) is 18.2 Å². The second-order valence-electron chi connectivity index (χ2n) is 3.34. The molecule has 0 atom stereocenters. The van der Waals surface area contributed by atoms with Crippen LogP contribution in [0.25, 0.3) is 0 Å². The zero-order valence-corrected chi connectivity index (χ0v) is 9.64. The number of aromatic nitrogens is 2. The highest BCUT2D eigenvalue weighted by molar-refractivity contribution is 5.31. The second-order valence-corrected chi connectivity index (χ2v) is 3.34. The molecule has 96 valence electrons. The molecule has 0 N–H and O–H groups in total. The summed E-state index contributed by atoms with van der Waals surface area (Å²) < 4.78 is 36.8. The summed E-state index contributed by atoms with van der Waals surface area (Å²) in [6.45, 7) is 0.0184. The van der Waals surface area contributed by atoms with Crippen molar-refractivity contribution in [3.05, 3.63) is 42.2 Å². The van der Waals surface area contributed by atoms with Gasteiger partial charge in [-0.05, 0) is 12.1 Å². The molecule has 2 aromatic rings. The number of para-hydroxylation sites is 1. The predicted molar refractivity (Wildman–Crippen MR) is 62.8 cm³/mol. The molecule has 1 heterocycles. The number of terminal acetylenes is 1. The molecule has 0 unspecified atom stereocenters. The molecule has 0 aliphatic carbocycles. The second kappa shape index (κ2) is 5.78. The van der Waals surface area contributed by atoms with Crippen LogP contribution in [0.4, 0.5) is 8.78 Å². The van der Waals surface area contributed by atoms with Crippen LogP contribution in [0.3, 0.4) is 0 Å². The fourth-order valence-electron chi connectivity index (χ4n) is 1.26. The van der Waals surface area contributed by atoms with Gasteiger partial charge < -0.3 is 9.47 Å². The highest BCUT2D eigenvalue weighted by atomic mass is 19.1. The van der Waals surface area contributed by atoms with Crippen LogP contribution < -0.4 is 9.47 Å². The Hall–Kier alpha value is -2.68. The lowest BCUT2D eigenvalue weighted by Crippen LogP contribution is -1.99. The third-order valence-electron chi connectivity index (χ3n) is 2.05. The van der Waals surface area contributed by atoms with Crippen molar-refractivity contribution >= 4 is 0 Å². The molecule has 0 saturated carbocycles. The molecule has 1 aromatic carbocycles. The minimum absolute atomic E-state index is 0.0184. The molecule has 0 aliphatic rings. The summed E-state index contributed by atoms with van der Waals surface area (Å²) in [6.07, 6.45) is 6.17. The highest BCUT2D eigenvalue weighted by Crippen LogP contribution is 2.26. The lowest BCUT2D eigenvalue weighted by Gasteiger charge is -2.07. The number of halogens is 2. The SMILES string of the molecule is C#CCOc1cc(Oc2c(F)cccc2F)ncn1. The van der Waals surface area contributed by atoms with Crippen LogP contribution >= 0.6 is 0 Å². The molecule has 4 nitrogen and oxygen atoms in total. The van der Waals surface area contributed by atoms with E-state index in [1.807, 2.05) is 0 Å². The minimum atomic E-state index is -0.829. The molecule has 0 saturated heterocycles. The number of ether oxygens (including phenoxy) is 2. The summed E-state index contributed by atoms with van der Waals surface area (Å²) in [5.74, 6) is 0.167. The van der Waals surface area contributed by atoms with E-state index in [1.54, 1.807) is 0 Å². The van der Waals surface area contributed by atoms with Gasteiger partial charge in [0.05, 0.1) is 6.07 Å². The Bertz CT molecular complexity index is 606. The summed E-state index contributed by atoms with van der Waals surface area (Å²) in [5.41, 5.74) is 0. The first-order valence-electron chi connectivity index (χ1n) is 5.21. The molecule has 0 aliphatic heterocycles.